The number of ether oxygens (including phenoxy) is 1. The van der Waals surface area contributed by atoms with Gasteiger partial charge in [-0.05, 0) is 52.9 Å². The van der Waals surface area contributed by atoms with E-state index in [9.17, 15) is 4.79 Å². The number of aliphatic hydroxyl groups excluding tert-OH is 1. The van der Waals surface area contributed by atoms with Crippen LogP contribution in [0.5, 0.6) is 5.75 Å². The molecule has 0 aromatic heterocycles. The van der Waals surface area contributed by atoms with Crippen molar-refractivity contribution in [3.8, 4) is 5.75 Å². The first-order chi connectivity index (χ1) is 7.69. The molecule has 1 fully saturated rings. The van der Waals surface area contributed by atoms with Crippen molar-refractivity contribution in [2.45, 2.75) is 18.9 Å². The van der Waals surface area contributed by atoms with Crippen LogP contribution in [0.1, 0.15) is 23.2 Å². The summed E-state index contributed by atoms with van der Waals surface area (Å²) in [6.07, 6.45) is 2.31. The summed E-state index contributed by atoms with van der Waals surface area (Å²) in [6, 6.07) is 5.24. The number of aldehydes is 1. The molecule has 1 aromatic carbocycles. The lowest BCUT2D eigenvalue weighted by Gasteiger charge is -2.31. The van der Waals surface area contributed by atoms with Gasteiger partial charge in [-0.25, -0.2) is 0 Å². The maximum absolute atomic E-state index is 10.5. The quantitative estimate of drug-likeness (QED) is 0.864. The van der Waals surface area contributed by atoms with Crippen LogP contribution in [-0.4, -0.2) is 24.1 Å². The third kappa shape index (κ3) is 2.62. The lowest BCUT2D eigenvalue weighted by molar-refractivity contribution is 0.0202. The molecule has 0 atom stereocenters. The Kier molecular flexibility index (Phi) is 3.61. The first kappa shape index (κ1) is 11.6. The summed E-state index contributed by atoms with van der Waals surface area (Å²) < 4.78 is 6.40. The molecule has 0 heterocycles. The maximum atomic E-state index is 10.5. The Labute approximate surface area is 103 Å². The smallest absolute Gasteiger partial charge is 0.150 e. The monoisotopic (exact) mass is 284 g/mol. The molecular formula is C12H13BrO3. The van der Waals surface area contributed by atoms with Gasteiger partial charge in [0.05, 0.1) is 17.2 Å². The Morgan fingerprint density at radius 2 is 2.25 bits per heavy atom. The van der Waals surface area contributed by atoms with Crippen molar-refractivity contribution in [2.24, 2.45) is 5.92 Å². The number of aliphatic hydroxyl groups is 1. The van der Waals surface area contributed by atoms with Gasteiger partial charge < -0.3 is 9.84 Å². The minimum Gasteiger partial charge on any atom is -0.492 e. The largest absolute Gasteiger partial charge is 0.492 e. The van der Waals surface area contributed by atoms with Crippen LogP contribution in [0.2, 0.25) is 0 Å². The summed E-state index contributed by atoms with van der Waals surface area (Å²) in [5.41, 5.74) is 0.623. The van der Waals surface area contributed by atoms with Gasteiger partial charge in [-0.3, -0.25) is 4.79 Å². The van der Waals surface area contributed by atoms with E-state index in [4.69, 9.17) is 9.84 Å². The molecule has 0 aliphatic heterocycles. The van der Waals surface area contributed by atoms with Gasteiger partial charge in [0.1, 0.15) is 12.0 Å². The van der Waals surface area contributed by atoms with Crippen LogP contribution < -0.4 is 4.74 Å². The molecule has 1 saturated carbocycles. The SMILES string of the molecule is O=Cc1ccc(OCC2CC(O)C2)c(Br)c1. The van der Waals surface area contributed by atoms with E-state index in [1.165, 1.54) is 0 Å². The predicted molar refractivity (Wildman–Crippen MR) is 63.8 cm³/mol. The zero-order chi connectivity index (χ0) is 11.5. The second-order valence-electron chi connectivity index (χ2n) is 4.11. The fraction of sp³-hybridized carbons (Fsp3) is 0.417. The zero-order valence-electron chi connectivity index (χ0n) is 8.73. The summed E-state index contributed by atoms with van der Waals surface area (Å²) in [5.74, 6) is 1.19. The molecule has 0 bridgehead atoms. The van der Waals surface area contributed by atoms with E-state index in [1.807, 2.05) is 0 Å². The Morgan fingerprint density at radius 1 is 1.50 bits per heavy atom. The Bertz CT molecular complexity index is 386. The van der Waals surface area contributed by atoms with Crippen molar-refractivity contribution in [1.29, 1.82) is 0 Å². The van der Waals surface area contributed by atoms with Crippen molar-refractivity contribution < 1.29 is 14.6 Å². The van der Waals surface area contributed by atoms with Crippen LogP contribution in [0.15, 0.2) is 22.7 Å². The molecule has 4 heteroatoms. The molecule has 0 saturated heterocycles. The van der Waals surface area contributed by atoms with E-state index >= 15 is 0 Å². The molecular weight excluding hydrogens is 272 g/mol. The van der Waals surface area contributed by atoms with E-state index in [1.54, 1.807) is 18.2 Å². The van der Waals surface area contributed by atoms with E-state index in [-0.39, 0.29) is 6.10 Å². The van der Waals surface area contributed by atoms with Gasteiger partial charge in [0.2, 0.25) is 0 Å². The van der Waals surface area contributed by atoms with E-state index < -0.39 is 0 Å². The first-order valence-electron chi connectivity index (χ1n) is 5.24. The molecule has 86 valence electrons. The second-order valence-corrected chi connectivity index (χ2v) is 4.96. The van der Waals surface area contributed by atoms with Gasteiger partial charge in [0.25, 0.3) is 0 Å². The molecule has 0 spiro atoms. The van der Waals surface area contributed by atoms with Gasteiger partial charge in [-0.15, -0.1) is 0 Å². The van der Waals surface area contributed by atoms with Gasteiger partial charge >= 0.3 is 0 Å². The molecule has 16 heavy (non-hydrogen) atoms. The van der Waals surface area contributed by atoms with Crippen molar-refractivity contribution in [1.82, 2.24) is 0 Å². The predicted octanol–water partition coefficient (Wildman–Crippen LogP) is 2.41. The Balaban J connectivity index is 1.91. The Morgan fingerprint density at radius 3 is 2.81 bits per heavy atom. The summed E-state index contributed by atoms with van der Waals surface area (Å²) >= 11 is 3.36. The zero-order valence-corrected chi connectivity index (χ0v) is 10.3. The molecule has 2 rings (SSSR count). The standard InChI is InChI=1S/C12H13BrO3/c13-11-5-8(6-14)1-2-12(11)16-7-9-3-10(15)4-9/h1-2,5-6,9-10,15H,3-4,7H2. The third-order valence-electron chi connectivity index (χ3n) is 2.78. The van der Waals surface area contributed by atoms with Crippen molar-refractivity contribution in [3.63, 3.8) is 0 Å². The van der Waals surface area contributed by atoms with Gasteiger partial charge in [0.15, 0.2) is 0 Å². The number of benzene rings is 1. The molecule has 1 aliphatic rings. The van der Waals surface area contributed by atoms with Gasteiger partial charge in [0, 0.05) is 5.56 Å². The molecule has 1 N–H and O–H groups in total. The highest BCUT2D eigenvalue weighted by atomic mass is 79.9. The van der Waals surface area contributed by atoms with Crippen molar-refractivity contribution in [3.05, 3.63) is 28.2 Å². The third-order valence-corrected chi connectivity index (χ3v) is 3.40. The van der Waals surface area contributed by atoms with Crippen LogP contribution in [-0.2, 0) is 0 Å². The summed E-state index contributed by atoms with van der Waals surface area (Å²) in [4.78, 5) is 10.5. The fourth-order valence-corrected chi connectivity index (χ4v) is 2.26. The van der Waals surface area contributed by atoms with E-state index in [2.05, 4.69) is 15.9 Å². The van der Waals surface area contributed by atoms with Crippen LogP contribution in [0, 0.1) is 5.92 Å². The Hall–Kier alpha value is -0.870. The molecule has 3 nitrogen and oxygen atoms in total. The normalized spacial score (nSPS) is 23.6. The van der Waals surface area contributed by atoms with Crippen molar-refractivity contribution >= 4 is 22.2 Å². The van der Waals surface area contributed by atoms with Crippen LogP contribution in [0.3, 0.4) is 0 Å². The number of carbonyl (C=O) groups is 1. The summed E-state index contributed by atoms with van der Waals surface area (Å²) in [7, 11) is 0. The molecule has 0 amide bonds. The topological polar surface area (TPSA) is 46.5 Å². The highest BCUT2D eigenvalue weighted by molar-refractivity contribution is 9.10. The highest BCUT2D eigenvalue weighted by Crippen LogP contribution is 2.30. The fourth-order valence-electron chi connectivity index (χ4n) is 1.75. The molecule has 0 radical (unpaired) electrons. The second kappa shape index (κ2) is 4.97. The van der Waals surface area contributed by atoms with Gasteiger partial charge in [-0.2, -0.15) is 0 Å². The molecule has 1 aromatic rings. The number of hydrogen-bond donors (Lipinski definition) is 1. The molecule has 0 unspecified atom stereocenters. The van der Waals surface area contributed by atoms with Crippen LogP contribution in [0.4, 0.5) is 0 Å². The van der Waals surface area contributed by atoms with Gasteiger partial charge in [-0.1, -0.05) is 0 Å². The van der Waals surface area contributed by atoms with Crippen molar-refractivity contribution in [2.75, 3.05) is 6.61 Å². The summed E-state index contributed by atoms with van der Waals surface area (Å²) in [5, 5.41) is 9.13. The van der Waals surface area contributed by atoms with Crippen LogP contribution >= 0.6 is 15.9 Å². The van der Waals surface area contributed by atoms with Crippen LogP contribution in [0.25, 0.3) is 0 Å². The number of rotatable bonds is 4. The number of carbonyl (C=O) groups excluding carboxylic acids is 1. The minimum atomic E-state index is -0.144. The van der Waals surface area contributed by atoms with E-state index in [0.29, 0.717) is 18.1 Å². The summed E-state index contributed by atoms with van der Waals surface area (Å²) in [6.45, 7) is 0.621. The average Bonchev–Trinajstić information content (AvgIpc) is 2.24. The average molecular weight is 285 g/mol. The maximum Gasteiger partial charge on any atom is 0.150 e. The minimum absolute atomic E-state index is 0.144. The lowest BCUT2D eigenvalue weighted by atomic mass is 9.83. The highest BCUT2D eigenvalue weighted by Gasteiger charge is 2.27. The number of halogens is 1. The first-order valence-corrected chi connectivity index (χ1v) is 6.04. The lowest BCUT2D eigenvalue weighted by Crippen LogP contribution is -2.32. The van der Waals surface area contributed by atoms with E-state index in [0.717, 1.165) is 29.4 Å². The molecule has 1 aliphatic carbocycles. The number of hydrogen-bond acceptors (Lipinski definition) is 3.